The van der Waals surface area contributed by atoms with Gasteiger partial charge in [-0.25, -0.2) is 9.36 Å². The van der Waals surface area contributed by atoms with E-state index in [9.17, 15) is 19.2 Å². The fourth-order valence-electron chi connectivity index (χ4n) is 3.68. The van der Waals surface area contributed by atoms with Crippen LogP contribution in [-0.2, 0) is 9.59 Å². The molecule has 10 nitrogen and oxygen atoms in total. The zero-order valence-electron chi connectivity index (χ0n) is 16.6. The van der Waals surface area contributed by atoms with E-state index in [1.54, 1.807) is 48.5 Å². The average molecular weight is 430 g/mol. The highest BCUT2D eigenvalue weighted by molar-refractivity contribution is 5.97. The smallest absolute Gasteiger partial charge is 0.271 e. The second kappa shape index (κ2) is 7.58. The summed E-state index contributed by atoms with van der Waals surface area (Å²) in [5, 5.41) is 11.0. The predicted molar refractivity (Wildman–Crippen MR) is 115 cm³/mol. The minimum atomic E-state index is -1.07. The Morgan fingerprint density at radius 1 is 0.562 bits per heavy atom. The molecule has 2 aromatic carbocycles. The van der Waals surface area contributed by atoms with Gasteiger partial charge in [-0.3, -0.25) is 29.4 Å². The van der Waals surface area contributed by atoms with E-state index in [1.807, 2.05) is 12.1 Å². The highest BCUT2D eigenvalue weighted by Gasteiger charge is 2.37. The minimum absolute atomic E-state index is 0.249. The van der Waals surface area contributed by atoms with Crippen LogP contribution < -0.4 is 21.8 Å². The number of piperazine rings is 1. The second-order valence-corrected chi connectivity index (χ2v) is 7.32. The number of hydrogen-bond acceptors (Lipinski definition) is 4. The highest BCUT2D eigenvalue weighted by atomic mass is 16.2. The van der Waals surface area contributed by atoms with Crippen molar-refractivity contribution in [1.29, 1.82) is 0 Å². The SMILES string of the molecule is O=C1NC(c2cc(=O)n(-c3ccccc3)[nH]2)C(=O)NC1c1cc(=O)n(-c2ccccc2)[nH]1. The van der Waals surface area contributed by atoms with Crippen LogP contribution in [0, 0.1) is 0 Å². The van der Waals surface area contributed by atoms with Gasteiger partial charge in [-0.2, -0.15) is 0 Å². The van der Waals surface area contributed by atoms with Gasteiger partial charge in [0.15, 0.2) is 0 Å². The molecule has 1 fully saturated rings. The quantitative estimate of drug-likeness (QED) is 0.379. The molecular weight excluding hydrogens is 412 g/mol. The van der Waals surface area contributed by atoms with Crippen molar-refractivity contribution in [3.63, 3.8) is 0 Å². The highest BCUT2D eigenvalue weighted by Crippen LogP contribution is 2.21. The normalized spacial score (nSPS) is 18.2. The monoisotopic (exact) mass is 430 g/mol. The van der Waals surface area contributed by atoms with Crippen molar-refractivity contribution in [2.24, 2.45) is 0 Å². The van der Waals surface area contributed by atoms with Crippen LogP contribution in [0.25, 0.3) is 11.4 Å². The van der Waals surface area contributed by atoms with E-state index in [0.29, 0.717) is 11.4 Å². The summed E-state index contributed by atoms with van der Waals surface area (Å²) in [4.78, 5) is 50.3. The number of nitrogens with one attached hydrogen (secondary N) is 4. The molecule has 2 aromatic heterocycles. The molecule has 1 aliphatic heterocycles. The van der Waals surface area contributed by atoms with Crippen LogP contribution >= 0.6 is 0 Å². The second-order valence-electron chi connectivity index (χ2n) is 7.32. The molecule has 160 valence electrons. The Hall–Kier alpha value is -4.60. The summed E-state index contributed by atoms with van der Waals surface area (Å²) >= 11 is 0. The Balaban J connectivity index is 1.41. The van der Waals surface area contributed by atoms with Crippen LogP contribution in [0.4, 0.5) is 0 Å². The van der Waals surface area contributed by atoms with Gasteiger partial charge in [-0.15, -0.1) is 0 Å². The fourth-order valence-corrected chi connectivity index (χ4v) is 3.68. The van der Waals surface area contributed by atoms with E-state index in [1.165, 1.54) is 21.5 Å². The van der Waals surface area contributed by atoms with Crippen molar-refractivity contribution in [2.75, 3.05) is 0 Å². The van der Waals surface area contributed by atoms with Crippen LogP contribution in [0.3, 0.4) is 0 Å². The van der Waals surface area contributed by atoms with Gasteiger partial charge in [0.2, 0.25) is 11.8 Å². The number of benzene rings is 2. The van der Waals surface area contributed by atoms with Crippen LogP contribution in [0.2, 0.25) is 0 Å². The molecule has 3 heterocycles. The standard InChI is InChI=1S/C22H18N6O4/c29-17-11-15(25-27(17)13-7-3-1-4-8-13)19-21(31)24-20(22(32)23-19)16-12-18(30)28(26-16)14-9-5-2-6-10-14/h1-12,19-20,25-26H,(H,23,32)(H,24,31). The molecule has 1 saturated heterocycles. The number of aromatic amines is 2. The Morgan fingerprint density at radius 2 is 0.938 bits per heavy atom. The van der Waals surface area contributed by atoms with E-state index >= 15 is 0 Å². The molecule has 1 aliphatic rings. The van der Waals surface area contributed by atoms with Crippen LogP contribution in [0.1, 0.15) is 23.5 Å². The van der Waals surface area contributed by atoms with Crippen molar-refractivity contribution < 1.29 is 9.59 Å². The number of para-hydroxylation sites is 2. The lowest BCUT2D eigenvalue weighted by molar-refractivity contribution is -0.137. The summed E-state index contributed by atoms with van der Waals surface area (Å²) in [6.45, 7) is 0. The van der Waals surface area contributed by atoms with Gasteiger partial charge in [0.05, 0.1) is 22.8 Å². The zero-order valence-corrected chi connectivity index (χ0v) is 16.6. The van der Waals surface area contributed by atoms with E-state index in [4.69, 9.17) is 0 Å². The Bertz CT molecular complexity index is 1300. The van der Waals surface area contributed by atoms with Gasteiger partial charge >= 0.3 is 0 Å². The molecule has 4 N–H and O–H groups in total. The minimum Gasteiger partial charge on any atom is -0.337 e. The number of rotatable bonds is 4. The number of aromatic nitrogens is 4. The topological polar surface area (TPSA) is 134 Å². The maximum absolute atomic E-state index is 12.8. The molecule has 0 spiro atoms. The number of nitrogens with zero attached hydrogens (tertiary/aromatic N) is 2. The molecule has 2 amide bonds. The zero-order chi connectivity index (χ0) is 22.2. The van der Waals surface area contributed by atoms with Gasteiger partial charge in [0, 0.05) is 12.1 Å². The first-order valence-electron chi connectivity index (χ1n) is 9.87. The molecule has 0 radical (unpaired) electrons. The first kappa shape index (κ1) is 19.4. The summed E-state index contributed by atoms with van der Waals surface area (Å²) < 4.78 is 2.58. The molecule has 32 heavy (non-hydrogen) atoms. The van der Waals surface area contributed by atoms with Gasteiger partial charge in [0.1, 0.15) is 12.1 Å². The number of H-pyrrole nitrogens is 2. The lowest BCUT2D eigenvalue weighted by Gasteiger charge is -2.28. The van der Waals surface area contributed by atoms with Crippen molar-refractivity contribution >= 4 is 11.8 Å². The van der Waals surface area contributed by atoms with Gasteiger partial charge in [0.25, 0.3) is 11.1 Å². The number of amides is 2. The van der Waals surface area contributed by atoms with Crippen molar-refractivity contribution in [2.45, 2.75) is 12.1 Å². The summed E-state index contributed by atoms with van der Waals surface area (Å²) in [6.07, 6.45) is 0. The summed E-state index contributed by atoms with van der Waals surface area (Å²) in [7, 11) is 0. The Labute approximate surface area is 180 Å². The van der Waals surface area contributed by atoms with E-state index < -0.39 is 23.9 Å². The molecule has 2 atom stereocenters. The largest absolute Gasteiger partial charge is 0.337 e. The predicted octanol–water partition coefficient (Wildman–Crippen LogP) is 0.673. The van der Waals surface area contributed by atoms with Gasteiger partial charge in [-0.05, 0) is 24.3 Å². The Kier molecular flexibility index (Phi) is 4.59. The molecule has 0 saturated carbocycles. The molecule has 0 aliphatic carbocycles. The number of hydrogen-bond donors (Lipinski definition) is 4. The van der Waals surface area contributed by atoms with Gasteiger partial charge in [-0.1, -0.05) is 36.4 Å². The van der Waals surface area contributed by atoms with Crippen LogP contribution in [0.15, 0.2) is 82.4 Å². The number of carbonyl (C=O) groups excluding carboxylic acids is 2. The molecule has 10 heteroatoms. The third kappa shape index (κ3) is 3.33. The van der Waals surface area contributed by atoms with E-state index in [0.717, 1.165) is 0 Å². The summed E-state index contributed by atoms with van der Waals surface area (Å²) in [5.41, 5.74) is 0.976. The molecule has 5 rings (SSSR count). The van der Waals surface area contributed by atoms with Crippen LogP contribution in [0.5, 0.6) is 0 Å². The average Bonchev–Trinajstić information content (AvgIpc) is 3.39. The molecule has 0 bridgehead atoms. The third-order valence-corrected chi connectivity index (χ3v) is 5.23. The molecular formula is C22H18N6O4. The van der Waals surface area contributed by atoms with Gasteiger partial charge < -0.3 is 10.6 Å². The lowest BCUT2D eigenvalue weighted by Crippen LogP contribution is -2.53. The maximum Gasteiger partial charge on any atom is 0.271 e. The first-order valence-corrected chi connectivity index (χ1v) is 9.87. The van der Waals surface area contributed by atoms with Crippen molar-refractivity contribution in [3.05, 3.63) is 105 Å². The van der Waals surface area contributed by atoms with E-state index in [-0.39, 0.29) is 22.5 Å². The Morgan fingerprint density at radius 3 is 1.31 bits per heavy atom. The van der Waals surface area contributed by atoms with Crippen LogP contribution in [-0.4, -0.2) is 31.4 Å². The third-order valence-electron chi connectivity index (χ3n) is 5.23. The summed E-state index contributed by atoms with van der Waals surface area (Å²) in [5.74, 6) is -1.02. The van der Waals surface area contributed by atoms with Crippen molar-refractivity contribution in [3.8, 4) is 11.4 Å². The maximum atomic E-state index is 12.8. The molecule has 2 unspecified atom stereocenters. The number of carbonyl (C=O) groups is 2. The summed E-state index contributed by atoms with van der Waals surface area (Å²) in [6, 6.07) is 18.1. The van der Waals surface area contributed by atoms with Crippen molar-refractivity contribution in [1.82, 2.24) is 30.2 Å². The first-order chi connectivity index (χ1) is 15.5. The van der Waals surface area contributed by atoms with E-state index in [2.05, 4.69) is 20.8 Å². The fraction of sp³-hybridized carbons (Fsp3) is 0.0909. The lowest BCUT2D eigenvalue weighted by atomic mass is 10.1. The molecule has 4 aromatic rings.